The largest absolute Gasteiger partial charge is 0.356 e. The number of hydrogen-bond donors (Lipinski definition) is 2. The summed E-state index contributed by atoms with van der Waals surface area (Å²) >= 11 is 0. The molecule has 45 heavy (non-hydrogen) atoms. The van der Waals surface area contributed by atoms with E-state index in [-0.39, 0.29) is 23.7 Å². The van der Waals surface area contributed by atoms with E-state index >= 15 is 0 Å². The minimum atomic E-state index is -4.16. The number of aromatic nitrogens is 1. The van der Waals surface area contributed by atoms with E-state index in [9.17, 15) is 17.6 Å². The number of carbonyl (C=O) groups excluding carboxylic acids is 1. The minimum Gasteiger partial charge on any atom is -0.356 e. The number of amides is 1. The van der Waals surface area contributed by atoms with Gasteiger partial charge in [-0.05, 0) is 70.0 Å². The molecule has 4 aromatic carbocycles. The lowest BCUT2D eigenvalue weighted by Crippen LogP contribution is -2.28. The SMILES string of the molecule is CC(C)(C)c1ccc(C(Cc2ccc(C(=O)NCCS(=O)(=O)O)cc2)c2cc(-c3cccc(-c4ccc(F)cc4)c3)on2)cc1. The van der Waals surface area contributed by atoms with Crippen LogP contribution in [-0.2, 0) is 22.0 Å². The first-order valence-corrected chi connectivity index (χ1v) is 16.2. The molecule has 1 heterocycles. The average Bonchev–Trinajstić information content (AvgIpc) is 3.50. The molecular formula is C36H35FN2O5S. The van der Waals surface area contributed by atoms with Crippen LogP contribution in [0.15, 0.2) is 108 Å². The number of benzene rings is 4. The molecule has 9 heteroatoms. The van der Waals surface area contributed by atoms with Crippen LogP contribution in [-0.4, -0.2) is 36.3 Å². The summed E-state index contributed by atoms with van der Waals surface area (Å²) < 4.78 is 50.1. The lowest BCUT2D eigenvalue weighted by Gasteiger charge is -2.21. The monoisotopic (exact) mass is 626 g/mol. The van der Waals surface area contributed by atoms with Crippen LogP contribution in [0.3, 0.4) is 0 Å². The highest BCUT2D eigenvalue weighted by Crippen LogP contribution is 2.34. The third kappa shape index (κ3) is 8.32. The number of halogens is 1. The summed E-state index contributed by atoms with van der Waals surface area (Å²) in [5.74, 6) is -0.801. The number of nitrogens with one attached hydrogen (secondary N) is 1. The summed E-state index contributed by atoms with van der Waals surface area (Å²) in [6, 6.07) is 31.7. The van der Waals surface area contributed by atoms with E-state index in [0.717, 1.165) is 33.5 Å². The Morgan fingerprint density at radius 2 is 1.56 bits per heavy atom. The van der Waals surface area contributed by atoms with E-state index in [0.29, 0.717) is 17.7 Å². The topological polar surface area (TPSA) is 110 Å². The Hall–Kier alpha value is -4.60. The van der Waals surface area contributed by atoms with Gasteiger partial charge in [0, 0.05) is 29.7 Å². The molecule has 0 spiro atoms. The third-order valence-corrected chi connectivity index (χ3v) is 8.41. The van der Waals surface area contributed by atoms with Crippen LogP contribution in [0.2, 0.25) is 0 Å². The number of nitrogens with zero attached hydrogens (tertiary/aromatic N) is 1. The summed E-state index contributed by atoms with van der Waals surface area (Å²) in [7, 11) is -4.16. The highest BCUT2D eigenvalue weighted by molar-refractivity contribution is 7.85. The average molecular weight is 627 g/mol. The molecule has 5 rings (SSSR count). The molecule has 0 aliphatic rings. The van der Waals surface area contributed by atoms with Gasteiger partial charge in [-0.25, -0.2) is 4.39 Å². The zero-order chi connectivity index (χ0) is 32.2. The zero-order valence-electron chi connectivity index (χ0n) is 25.3. The van der Waals surface area contributed by atoms with Gasteiger partial charge in [-0.1, -0.05) is 92.7 Å². The second kappa shape index (κ2) is 13.2. The van der Waals surface area contributed by atoms with Gasteiger partial charge >= 0.3 is 0 Å². The van der Waals surface area contributed by atoms with Gasteiger partial charge < -0.3 is 9.84 Å². The maximum atomic E-state index is 13.5. The Balaban J connectivity index is 1.41. The van der Waals surface area contributed by atoms with Crippen molar-refractivity contribution >= 4 is 16.0 Å². The Kier molecular flexibility index (Phi) is 9.32. The Labute approximate surface area is 262 Å². The molecule has 0 saturated heterocycles. The molecule has 0 saturated carbocycles. The molecule has 232 valence electrons. The molecule has 2 N–H and O–H groups in total. The Morgan fingerprint density at radius 3 is 2.20 bits per heavy atom. The first kappa shape index (κ1) is 31.8. The van der Waals surface area contributed by atoms with Crippen molar-refractivity contribution in [2.24, 2.45) is 0 Å². The second-order valence-corrected chi connectivity index (χ2v) is 13.6. The van der Waals surface area contributed by atoms with E-state index < -0.39 is 21.8 Å². The molecule has 7 nitrogen and oxygen atoms in total. The van der Waals surface area contributed by atoms with Crippen molar-refractivity contribution in [3.05, 3.63) is 137 Å². The van der Waals surface area contributed by atoms with Crippen molar-refractivity contribution in [3.8, 4) is 22.5 Å². The van der Waals surface area contributed by atoms with Crippen molar-refractivity contribution < 1.29 is 26.7 Å². The number of rotatable bonds is 10. The molecule has 1 atom stereocenters. The van der Waals surface area contributed by atoms with E-state index in [2.05, 4.69) is 55.5 Å². The van der Waals surface area contributed by atoms with Crippen LogP contribution in [0.25, 0.3) is 22.5 Å². The first-order valence-electron chi connectivity index (χ1n) is 14.6. The summed E-state index contributed by atoms with van der Waals surface area (Å²) in [5.41, 5.74) is 7.06. The summed E-state index contributed by atoms with van der Waals surface area (Å²) in [4.78, 5) is 12.5. The second-order valence-electron chi connectivity index (χ2n) is 12.1. The van der Waals surface area contributed by atoms with Crippen LogP contribution >= 0.6 is 0 Å². The van der Waals surface area contributed by atoms with E-state index in [1.54, 1.807) is 24.3 Å². The fourth-order valence-corrected chi connectivity index (χ4v) is 5.48. The smallest absolute Gasteiger partial charge is 0.266 e. The van der Waals surface area contributed by atoms with Crippen LogP contribution in [0.1, 0.15) is 59.4 Å². The molecule has 5 aromatic rings. The Bertz CT molecular complexity index is 1880. The van der Waals surface area contributed by atoms with Gasteiger partial charge in [-0.15, -0.1) is 0 Å². The van der Waals surface area contributed by atoms with E-state index in [1.807, 2.05) is 42.5 Å². The van der Waals surface area contributed by atoms with Crippen LogP contribution in [0.4, 0.5) is 4.39 Å². The van der Waals surface area contributed by atoms with Gasteiger partial charge in [0.05, 0.1) is 11.4 Å². The molecule has 0 fully saturated rings. The molecule has 1 amide bonds. The van der Waals surface area contributed by atoms with Crippen LogP contribution in [0.5, 0.6) is 0 Å². The fourth-order valence-electron chi connectivity index (χ4n) is 5.12. The number of hydrogen-bond acceptors (Lipinski definition) is 5. The molecule has 0 bridgehead atoms. The molecule has 0 aliphatic carbocycles. The van der Waals surface area contributed by atoms with Gasteiger partial charge in [-0.2, -0.15) is 8.42 Å². The van der Waals surface area contributed by atoms with Crippen molar-refractivity contribution in [2.75, 3.05) is 12.3 Å². The van der Waals surface area contributed by atoms with Gasteiger partial charge in [0.2, 0.25) is 0 Å². The maximum Gasteiger partial charge on any atom is 0.266 e. The predicted octanol–water partition coefficient (Wildman–Crippen LogP) is 7.44. The standard InChI is InChI=1S/C36H35FN2O5S/c1-36(2,3)30-15-11-26(12-16-30)32(21-24-7-9-27(10-8-24)35(40)38-19-20-45(41,42)43)33-23-34(44-39-33)29-6-4-5-28(22-29)25-13-17-31(37)18-14-25/h4-18,22-23,32H,19-21H2,1-3H3,(H,38,40)(H,41,42,43). The minimum absolute atomic E-state index is 0.00237. The quantitative estimate of drug-likeness (QED) is 0.156. The number of carbonyl (C=O) groups is 1. The fraction of sp³-hybridized carbons (Fsp3) is 0.222. The highest BCUT2D eigenvalue weighted by atomic mass is 32.2. The van der Waals surface area contributed by atoms with Gasteiger partial charge in [0.25, 0.3) is 16.0 Å². The van der Waals surface area contributed by atoms with Gasteiger partial charge in [0.1, 0.15) is 5.82 Å². The molecular weight excluding hydrogens is 591 g/mol. The maximum absolute atomic E-state index is 13.5. The third-order valence-electron chi connectivity index (χ3n) is 7.69. The molecule has 0 radical (unpaired) electrons. The highest BCUT2D eigenvalue weighted by Gasteiger charge is 2.22. The van der Waals surface area contributed by atoms with Crippen LogP contribution in [0, 0.1) is 5.82 Å². The summed E-state index contributed by atoms with van der Waals surface area (Å²) in [5, 5.41) is 6.99. The Morgan fingerprint density at radius 1 is 0.889 bits per heavy atom. The lowest BCUT2D eigenvalue weighted by atomic mass is 9.83. The van der Waals surface area contributed by atoms with Crippen LogP contribution < -0.4 is 5.32 Å². The lowest BCUT2D eigenvalue weighted by molar-refractivity contribution is 0.0956. The normalized spacial score (nSPS) is 12.6. The molecule has 1 aromatic heterocycles. The van der Waals surface area contributed by atoms with Crippen molar-refractivity contribution in [2.45, 2.75) is 38.5 Å². The molecule has 1 unspecified atom stereocenters. The zero-order valence-corrected chi connectivity index (χ0v) is 26.1. The summed E-state index contributed by atoms with van der Waals surface area (Å²) in [6.45, 7) is 6.32. The first-order chi connectivity index (χ1) is 21.4. The van der Waals surface area contributed by atoms with Gasteiger partial charge in [-0.3, -0.25) is 9.35 Å². The van der Waals surface area contributed by atoms with Crippen molar-refractivity contribution in [1.82, 2.24) is 10.5 Å². The van der Waals surface area contributed by atoms with Crippen molar-refractivity contribution in [1.29, 1.82) is 0 Å². The van der Waals surface area contributed by atoms with Crippen molar-refractivity contribution in [3.63, 3.8) is 0 Å². The van der Waals surface area contributed by atoms with E-state index in [1.165, 1.54) is 17.7 Å². The van der Waals surface area contributed by atoms with E-state index in [4.69, 9.17) is 9.08 Å². The molecule has 0 aliphatic heterocycles. The van der Waals surface area contributed by atoms with Gasteiger partial charge in [0.15, 0.2) is 5.76 Å². The summed E-state index contributed by atoms with van der Waals surface area (Å²) in [6.07, 6.45) is 0.584. The predicted molar refractivity (Wildman–Crippen MR) is 173 cm³/mol.